The Morgan fingerprint density at radius 2 is 0.714 bits per heavy atom. The number of ether oxygens (including phenoxy) is 2. The second kappa shape index (κ2) is 18.2. The van der Waals surface area contributed by atoms with Crippen LogP contribution in [0.1, 0.15) is 97.7 Å². The van der Waals surface area contributed by atoms with E-state index in [9.17, 15) is 9.59 Å². The number of aromatic amines is 2. The first-order chi connectivity index (χ1) is 33.2. The van der Waals surface area contributed by atoms with E-state index in [1.165, 1.54) is 11.1 Å². The van der Waals surface area contributed by atoms with Gasteiger partial charge in [-0.1, -0.05) is 59.7 Å². The number of nitrogens with one attached hydrogen (secondary N) is 4. The fourth-order valence-electron chi connectivity index (χ4n) is 9.77. The van der Waals surface area contributed by atoms with Crippen LogP contribution < -0.4 is 10.6 Å². The summed E-state index contributed by atoms with van der Waals surface area (Å²) in [5.74, 6) is 0. The first kappa shape index (κ1) is 47.1. The van der Waals surface area contributed by atoms with Gasteiger partial charge in [0.25, 0.3) is 0 Å². The summed E-state index contributed by atoms with van der Waals surface area (Å²) in [6, 6.07) is 33.0. The number of aromatic nitrogens is 4. The molecule has 70 heavy (non-hydrogen) atoms. The van der Waals surface area contributed by atoms with Gasteiger partial charge in [-0.15, -0.1) is 0 Å². The molecule has 0 spiro atoms. The summed E-state index contributed by atoms with van der Waals surface area (Å²) >= 11 is 0. The van der Waals surface area contributed by atoms with E-state index in [1.54, 1.807) is 0 Å². The number of rotatable bonds is 6. The van der Waals surface area contributed by atoms with Crippen LogP contribution in [0.2, 0.25) is 0 Å². The summed E-state index contributed by atoms with van der Waals surface area (Å²) < 4.78 is 11.1. The molecule has 0 saturated carbocycles. The van der Waals surface area contributed by atoms with Crippen LogP contribution in [0.15, 0.2) is 97.1 Å². The van der Waals surface area contributed by atoms with Crippen molar-refractivity contribution in [2.45, 2.75) is 94.3 Å². The van der Waals surface area contributed by atoms with Gasteiger partial charge in [-0.2, -0.15) is 0 Å². The standard InChI is InChI=1S/C60H60N6O4/c1-33-29-35(3)51(36(4)30-33)55-47-25-21-43(63-47)53(39-13-17-41(18-14-39)61-57(67)69-59(7,8)9)45-23-27-49(65-45)56(52-37(5)31-34(2)32-38(52)6)50-28-24-46(66-50)54(44-22-26-48(55)64-44)40-15-19-42(20-16-40)62-58(68)70-60(10,11)12/h13-32,63-64H,1-12H3,(H,61,67)(H,62,68). The maximum absolute atomic E-state index is 12.8. The summed E-state index contributed by atoms with van der Waals surface area (Å²) in [7, 11) is 0. The molecule has 3 aromatic heterocycles. The minimum atomic E-state index is -0.634. The zero-order valence-corrected chi connectivity index (χ0v) is 42.1. The van der Waals surface area contributed by atoms with Crippen LogP contribution in [-0.4, -0.2) is 43.3 Å². The van der Waals surface area contributed by atoms with Crippen LogP contribution in [0.5, 0.6) is 0 Å². The number of fused-ring (bicyclic) bond motifs is 8. The topological polar surface area (TPSA) is 134 Å². The van der Waals surface area contributed by atoms with Gasteiger partial charge >= 0.3 is 12.2 Å². The Morgan fingerprint density at radius 3 is 1.04 bits per heavy atom. The average Bonchev–Trinajstić information content (AvgIpc) is 4.10. The SMILES string of the molecule is Cc1cc(C)c(-c2c3nc(c(-c4ccc(NC(=O)OC(C)(C)C)cc4)c4ccc([nH]4)c(-c4c(C)cc(C)cc4C)c4ccc([nH]4)c(-c4ccc(NC(=O)OC(C)(C)C)cc4)c4nc2C=C4)C=C3)c(C)c1. The van der Waals surface area contributed by atoms with Gasteiger partial charge in [-0.25, -0.2) is 19.6 Å². The highest BCUT2D eigenvalue weighted by Crippen LogP contribution is 2.41. The third-order valence-corrected chi connectivity index (χ3v) is 12.2. The first-order valence-corrected chi connectivity index (χ1v) is 23.7. The molecular weight excluding hydrogens is 869 g/mol. The normalized spacial score (nSPS) is 12.3. The largest absolute Gasteiger partial charge is 0.444 e. The molecule has 354 valence electrons. The Kier molecular flexibility index (Phi) is 12.2. The van der Waals surface area contributed by atoms with Crippen molar-refractivity contribution in [1.29, 1.82) is 0 Å². The Labute approximate surface area is 410 Å². The number of H-pyrrole nitrogens is 2. The molecule has 7 aromatic rings. The molecule has 0 radical (unpaired) electrons. The van der Waals surface area contributed by atoms with Crippen molar-refractivity contribution in [3.63, 3.8) is 0 Å². The van der Waals surface area contributed by atoms with E-state index in [-0.39, 0.29) is 0 Å². The third-order valence-electron chi connectivity index (χ3n) is 12.2. The molecule has 0 fully saturated rings. The monoisotopic (exact) mass is 928 g/mol. The Hall–Kier alpha value is -7.98. The van der Waals surface area contributed by atoms with Crippen molar-refractivity contribution in [3.8, 4) is 44.5 Å². The number of benzene rings is 4. The van der Waals surface area contributed by atoms with Gasteiger partial charge in [-0.05, 0) is 200 Å². The summed E-state index contributed by atoms with van der Waals surface area (Å²) in [5, 5.41) is 5.77. The van der Waals surface area contributed by atoms with Crippen LogP contribution >= 0.6 is 0 Å². The molecular formula is C60H60N6O4. The predicted molar refractivity (Wildman–Crippen MR) is 289 cm³/mol. The summed E-state index contributed by atoms with van der Waals surface area (Å²) in [6.07, 6.45) is 7.31. The van der Waals surface area contributed by atoms with Gasteiger partial charge in [0.2, 0.25) is 0 Å². The zero-order chi connectivity index (χ0) is 49.8. The second-order valence-corrected chi connectivity index (χ2v) is 20.5. The number of nitrogens with zero attached hydrogens (tertiary/aromatic N) is 2. The van der Waals surface area contributed by atoms with E-state index < -0.39 is 23.4 Å². The fraction of sp³-hybridized carbons (Fsp3) is 0.233. The van der Waals surface area contributed by atoms with Crippen LogP contribution in [0.25, 0.3) is 90.9 Å². The van der Waals surface area contributed by atoms with Crippen LogP contribution in [0, 0.1) is 41.5 Å². The smallest absolute Gasteiger partial charge is 0.412 e. The van der Waals surface area contributed by atoms with Crippen molar-refractivity contribution in [1.82, 2.24) is 19.9 Å². The molecule has 4 N–H and O–H groups in total. The Balaban J connectivity index is 1.36. The van der Waals surface area contributed by atoms with Gasteiger partial charge in [0, 0.05) is 55.7 Å². The lowest BCUT2D eigenvalue weighted by Gasteiger charge is -2.19. The van der Waals surface area contributed by atoms with Crippen molar-refractivity contribution in [3.05, 3.63) is 153 Å². The number of aryl methyl sites for hydroxylation is 6. The van der Waals surface area contributed by atoms with Gasteiger partial charge in [-0.3, -0.25) is 10.6 Å². The molecule has 0 unspecified atom stereocenters. The second-order valence-electron chi connectivity index (χ2n) is 20.5. The highest BCUT2D eigenvalue weighted by atomic mass is 16.6. The minimum Gasteiger partial charge on any atom is -0.444 e. The first-order valence-electron chi connectivity index (χ1n) is 23.7. The Morgan fingerprint density at radius 1 is 0.414 bits per heavy atom. The summed E-state index contributed by atoms with van der Waals surface area (Å²) in [6.45, 7) is 23.9. The van der Waals surface area contributed by atoms with Crippen molar-refractivity contribution in [2.24, 2.45) is 0 Å². The predicted octanol–water partition coefficient (Wildman–Crippen LogP) is 15.9. The van der Waals surface area contributed by atoms with Crippen molar-refractivity contribution in [2.75, 3.05) is 10.6 Å². The molecule has 2 aliphatic rings. The molecule has 0 aliphatic carbocycles. The van der Waals surface area contributed by atoms with E-state index in [0.29, 0.717) is 11.4 Å². The molecule has 0 atom stereocenters. The molecule has 2 aliphatic heterocycles. The average molecular weight is 929 g/mol. The maximum atomic E-state index is 12.8. The molecule has 2 amide bonds. The number of amides is 2. The minimum absolute atomic E-state index is 0.518. The highest BCUT2D eigenvalue weighted by molar-refractivity contribution is 6.02. The van der Waals surface area contributed by atoms with Crippen molar-refractivity contribution >= 4 is 69.9 Å². The number of anilines is 2. The summed E-state index contributed by atoms with van der Waals surface area (Å²) in [5.41, 5.74) is 21.3. The lowest BCUT2D eigenvalue weighted by molar-refractivity contribution is 0.0624. The van der Waals surface area contributed by atoms with E-state index in [4.69, 9.17) is 19.4 Å². The molecule has 4 aromatic carbocycles. The fourth-order valence-corrected chi connectivity index (χ4v) is 9.77. The van der Waals surface area contributed by atoms with Crippen molar-refractivity contribution < 1.29 is 19.1 Å². The van der Waals surface area contributed by atoms with Gasteiger partial charge < -0.3 is 19.4 Å². The molecule has 10 heteroatoms. The quantitative estimate of drug-likeness (QED) is 0.131. The lowest BCUT2D eigenvalue weighted by atomic mass is 9.92. The van der Waals surface area contributed by atoms with E-state index in [2.05, 4.69) is 135 Å². The van der Waals surface area contributed by atoms with Gasteiger partial charge in [0.05, 0.1) is 22.8 Å². The van der Waals surface area contributed by atoms with Crippen LogP contribution in [-0.2, 0) is 9.47 Å². The number of hydrogen-bond acceptors (Lipinski definition) is 6. The van der Waals surface area contributed by atoms with Crippen LogP contribution in [0.3, 0.4) is 0 Å². The molecule has 10 nitrogen and oxygen atoms in total. The van der Waals surface area contributed by atoms with E-state index >= 15 is 0 Å². The third kappa shape index (κ3) is 9.81. The van der Waals surface area contributed by atoms with Gasteiger partial charge in [0.15, 0.2) is 0 Å². The number of carbonyl (C=O) groups excluding carboxylic acids is 2. The maximum Gasteiger partial charge on any atom is 0.412 e. The van der Waals surface area contributed by atoms with E-state index in [1.807, 2.05) is 90.1 Å². The molecule has 9 rings (SSSR count). The lowest BCUT2D eigenvalue weighted by Crippen LogP contribution is -2.27. The highest BCUT2D eigenvalue weighted by Gasteiger charge is 2.23. The molecule has 0 saturated heterocycles. The van der Waals surface area contributed by atoms with Crippen LogP contribution in [0.4, 0.5) is 21.0 Å². The van der Waals surface area contributed by atoms with E-state index in [0.717, 1.165) is 112 Å². The number of carbonyl (C=O) groups is 2. The Bertz CT molecular complexity index is 3270. The summed E-state index contributed by atoms with van der Waals surface area (Å²) in [4.78, 5) is 44.4. The van der Waals surface area contributed by atoms with Gasteiger partial charge in [0.1, 0.15) is 11.2 Å². The number of hydrogen-bond donors (Lipinski definition) is 4. The molecule has 8 bridgehead atoms. The molecule has 5 heterocycles. The zero-order valence-electron chi connectivity index (χ0n) is 42.1.